The van der Waals surface area contributed by atoms with Crippen LogP contribution in [-0.4, -0.2) is 61.5 Å². The third-order valence-corrected chi connectivity index (χ3v) is 6.07. The fourth-order valence-electron chi connectivity index (χ4n) is 4.20. The van der Waals surface area contributed by atoms with E-state index in [0.29, 0.717) is 24.4 Å². The van der Waals surface area contributed by atoms with E-state index in [1.807, 2.05) is 30.5 Å². The molecular weight excluding hydrogens is 408 g/mol. The third kappa shape index (κ3) is 3.63. The summed E-state index contributed by atoms with van der Waals surface area (Å²) >= 11 is 0. The lowest BCUT2D eigenvalue weighted by molar-refractivity contribution is -0.0553. The Bertz CT molecular complexity index is 1330. The highest BCUT2D eigenvalue weighted by atomic mass is 16.5. The number of morpholine rings is 1. The van der Waals surface area contributed by atoms with Crippen molar-refractivity contribution in [2.45, 2.75) is 32.5 Å². The number of benzene rings is 1. The molecule has 9 heteroatoms. The lowest BCUT2D eigenvalue weighted by atomic mass is 10.0. The van der Waals surface area contributed by atoms with Gasteiger partial charge in [0.1, 0.15) is 17.7 Å². The van der Waals surface area contributed by atoms with Gasteiger partial charge in [0, 0.05) is 24.8 Å². The van der Waals surface area contributed by atoms with Gasteiger partial charge < -0.3 is 9.47 Å². The number of hydrogen-bond acceptors (Lipinski definition) is 7. The van der Waals surface area contributed by atoms with Gasteiger partial charge >= 0.3 is 5.69 Å². The van der Waals surface area contributed by atoms with Crippen molar-refractivity contribution in [2.24, 2.45) is 0 Å². The standard InChI is InChI=1S/C23H26N6O3/c1-23(2)14-32-9-8-27(23)12-17-10-19-20(24-11-17)28(22(30)29-21(19)25-15-26-29)13-16-4-6-18(31-3)7-5-16/h4-7,10-11,15H,8-9,12-14H2,1-3H3. The Morgan fingerprint density at radius 2 is 1.91 bits per heavy atom. The first-order valence-electron chi connectivity index (χ1n) is 10.6. The van der Waals surface area contributed by atoms with Crippen LogP contribution < -0.4 is 10.4 Å². The summed E-state index contributed by atoms with van der Waals surface area (Å²) in [4.78, 5) is 24.6. The van der Waals surface area contributed by atoms with Crippen LogP contribution in [0.2, 0.25) is 0 Å². The maximum Gasteiger partial charge on any atom is 0.352 e. The molecule has 0 amide bonds. The van der Waals surface area contributed by atoms with Crippen LogP contribution in [0.3, 0.4) is 0 Å². The first kappa shape index (κ1) is 20.6. The summed E-state index contributed by atoms with van der Waals surface area (Å²) in [5.74, 6) is 0.770. The zero-order chi connectivity index (χ0) is 22.3. The second-order valence-electron chi connectivity index (χ2n) is 8.71. The van der Waals surface area contributed by atoms with Crippen LogP contribution in [0.25, 0.3) is 16.7 Å². The topological polar surface area (TPSA) is 86.8 Å². The quantitative estimate of drug-likeness (QED) is 0.475. The highest BCUT2D eigenvalue weighted by molar-refractivity contribution is 5.89. The van der Waals surface area contributed by atoms with E-state index in [4.69, 9.17) is 14.5 Å². The Morgan fingerprint density at radius 1 is 1.09 bits per heavy atom. The van der Waals surface area contributed by atoms with Crippen LogP contribution in [-0.2, 0) is 17.8 Å². The van der Waals surface area contributed by atoms with Gasteiger partial charge in [0.25, 0.3) is 0 Å². The largest absolute Gasteiger partial charge is 0.497 e. The number of methoxy groups -OCH3 is 1. The molecule has 3 aromatic heterocycles. The molecule has 1 aliphatic rings. The van der Waals surface area contributed by atoms with Gasteiger partial charge in [-0.05, 0) is 43.2 Å². The maximum absolute atomic E-state index is 13.2. The smallest absolute Gasteiger partial charge is 0.352 e. The lowest BCUT2D eigenvalue weighted by Gasteiger charge is -2.42. The van der Waals surface area contributed by atoms with Crippen molar-refractivity contribution >= 4 is 16.7 Å². The molecule has 0 radical (unpaired) electrons. The zero-order valence-corrected chi connectivity index (χ0v) is 18.5. The number of aromatic nitrogens is 5. The number of ether oxygens (including phenoxy) is 2. The molecule has 0 atom stereocenters. The van der Waals surface area contributed by atoms with E-state index >= 15 is 0 Å². The molecule has 166 valence electrons. The molecule has 0 N–H and O–H groups in total. The fraction of sp³-hybridized carbons (Fsp3) is 0.391. The van der Waals surface area contributed by atoms with Crippen molar-refractivity contribution in [1.29, 1.82) is 0 Å². The average molecular weight is 435 g/mol. The van der Waals surface area contributed by atoms with Crippen LogP contribution in [0, 0.1) is 0 Å². The molecule has 5 rings (SSSR count). The summed E-state index contributed by atoms with van der Waals surface area (Å²) in [6, 6.07) is 9.72. The molecule has 9 nitrogen and oxygen atoms in total. The molecule has 1 aromatic carbocycles. The van der Waals surface area contributed by atoms with Crippen LogP contribution in [0.4, 0.5) is 0 Å². The molecule has 32 heavy (non-hydrogen) atoms. The molecule has 0 bridgehead atoms. The Morgan fingerprint density at radius 3 is 2.66 bits per heavy atom. The molecule has 1 fully saturated rings. The monoisotopic (exact) mass is 434 g/mol. The summed E-state index contributed by atoms with van der Waals surface area (Å²) < 4.78 is 13.9. The molecule has 0 unspecified atom stereocenters. The van der Waals surface area contributed by atoms with Gasteiger partial charge in [-0.3, -0.25) is 9.47 Å². The van der Waals surface area contributed by atoms with Gasteiger partial charge in [0.15, 0.2) is 5.65 Å². The number of rotatable bonds is 5. The van der Waals surface area contributed by atoms with E-state index < -0.39 is 0 Å². The van der Waals surface area contributed by atoms with Gasteiger partial charge in [0.05, 0.1) is 32.3 Å². The molecule has 1 saturated heterocycles. The number of fused-ring (bicyclic) bond motifs is 3. The van der Waals surface area contributed by atoms with Gasteiger partial charge in [0.2, 0.25) is 0 Å². The Balaban J connectivity index is 1.58. The number of hydrogen-bond donors (Lipinski definition) is 0. The summed E-state index contributed by atoms with van der Waals surface area (Å²) in [7, 11) is 1.63. The second kappa shape index (κ2) is 7.99. The van der Waals surface area contributed by atoms with Crippen molar-refractivity contribution < 1.29 is 9.47 Å². The van der Waals surface area contributed by atoms with Crippen molar-refractivity contribution in [3.8, 4) is 5.75 Å². The summed E-state index contributed by atoms with van der Waals surface area (Å²) in [5.41, 5.74) is 2.82. The molecule has 0 spiro atoms. The predicted octanol–water partition coefficient (Wildman–Crippen LogP) is 2.11. The normalized spacial score (nSPS) is 16.6. The van der Waals surface area contributed by atoms with Crippen molar-refractivity contribution in [2.75, 3.05) is 26.9 Å². The van der Waals surface area contributed by atoms with E-state index in [1.165, 1.54) is 10.8 Å². The Kier molecular flexibility index (Phi) is 5.15. The second-order valence-corrected chi connectivity index (χ2v) is 8.71. The van der Waals surface area contributed by atoms with Gasteiger partial charge in [-0.25, -0.2) is 14.8 Å². The van der Waals surface area contributed by atoms with Gasteiger partial charge in [-0.2, -0.15) is 9.61 Å². The van der Waals surface area contributed by atoms with Crippen molar-refractivity contribution in [1.82, 2.24) is 29.0 Å². The fourth-order valence-corrected chi connectivity index (χ4v) is 4.20. The molecule has 4 heterocycles. The van der Waals surface area contributed by atoms with Gasteiger partial charge in [-0.1, -0.05) is 12.1 Å². The molecule has 1 aliphatic heterocycles. The first-order valence-corrected chi connectivity index (χ1v) is 10.6. The third-order valence-electron chi connectivity index (χ3n) is 6.07. The maximum atomic E-state index is 13.2. The van der Waals surface area contributed by atoms with Crippen molar-refractivity contribution in [3.63, 3.8) is 0 Å². The summed E-state index contributed by atoms with van der Waals surface area (Å²) in [6.45, 7) is 7.77. The van der Waals surface area contributed by atoms with E-state index in [9.17, 15) is 4.79 Å². The molecule has 4 aromatic rings. The SMILES string of the molecule is COc1ccc(Cn2c(=O)n3ncnc3c3cc(CN4CCOCC4(C)C)cnc32)cc1. The van der Waals surface area contributed by atoms with Crippen molar-refractivity contribution in [3.05, 3.63) is 64.5 Å². The minimum atomic E-state index is -0.268. The van der Waals surface area contributed by atoms with E-state index in [1.54, 1.807) is 11.7 Å². The van der Waals surface area contributed by atoms with Crippen LogP contribution in [0.1, 0.15) is 25.0 Å². The minimum Gasteiger partial charge on any atom is -0.497 e. The molecule has 0 saturated carbocycles. The predicted molar refractivity (Wildman–Crippen MR) is 120 cm³/mol. The van der Waals surface area contributed by atoms with Crippen LogP contribution in [0.15, 0.2) is 47.7 Å². The zero-order valence-electron chi connectivity index (χ0n) is 18.5. The highest BCUT2D eigenvalue weighted by Crippen LogP contribution is 2.24. The summed E-state index contributed by atoms with van der Waals surface area (Å²) in [6.07, 6.45) is 3.26. The Hall–Kier alpha value is -3.30. The lowest BCUT2D eigenvalue weighted by Crippen LogP contribution is -2.52. The van der Waals surface area contributed by atoms with E-state index in [2.05, 4.69) is 34.9 Å². The van der Waals surface area contributed by atoms with Crippen LogP contribution in [0.5, 0.6) is 5.75 Å². The van der Waals surface area contributed by atoms with Gasteiger partial charge in [-0.15, -0.1) is 0 Å². The minimum absolute atomic E-state index is 0.0510. The molecular formula is C23H26N6O3. The Labute approximate surface area is 185 Å². The highest BCUT2D eigenvalue weighted by Gasteiger charge is 2.30. The first-order chi connectivity index (χ1) is 15.5. The van der Waals surface area contributed by atoms with E-state index in [-0.39, 0.29) is 11.2 Å². The number of pyridine rings is 1. The van der Waals surface area contributed by atoms with Crippen LogP contribution >= 0.6 is 0 Å². The average Bonchev–Trinajstić information content (AvgIpc) is 3.29. The summed E-state index contributed by atoms with van der Waals surface area (Å²) in [5, 5.41) is 4.97. The van der Waals surface area contributed by atoms with E-state index in [0.717, 1.165) is 42.0 Å². The number of nitrogens with zero attached hydrogens (tertiary/aromatic N) is 6. The molecule has 0 aliphatic carbocycles.